The second-order valence-electron chi connectivity index (χ2n) is 3.71. The minimum atomic E-state index is -0.189. The Morgan fingerprint density at radius 3 is 2.44 bits per heavy atom. The van der Waals surface area contributed by atoms with Crippen molar-refractivity contribution in [3.63, 3.8) is 0 Å². The molecule has 0 aliphatic carbocycles. The number of carbonyl (C=O) groups excluding carboxylic acids is 2. The fraction of sp³-hybridized carbons (Fsp3) is 0.231. The van der Waals surface area contributed by atoms with Crippen LogP contribution in [-0.4, -0.2) is 12.2 Å². The molecular weight excluding hydrogens is 202 g/mol. The fourth-order valence-electron chi connectivity index (χ4n) is 1.08. The molecule has 0 aliphatic rings. The molecule has 0 fully saturated rings. The predicted molar refractivity (Wildman–Crippen MR) is 63.1 cm³/mol. The van der Waals surface area contributed by atoms with Crippen LogP contribution in [0.2, 0.25) is 0 Å². The number of amides is 1. The Hall–Kier alpha value is -1.90. The van der Waals surface area contributed by atoms with E-state index in [4.69, 9.17) is 0 Å². The van der Waals surface area contributed by atoms with Crippen molar-refractivity contribution in [3.8, 4) is 0 Å². The summed E-state index contributed by atoms with van der Waals surface area (Å²) in [6.07, 6.45) is 3.31. The molecule has 1 radical (unpaired) electrons. The predicted octanol–water partition coefficient (Wildman–Crippen LogP) is 1.91. The molecule has 0 spiro atoms. The summed E-state index contributed by atoms with van der Waals surface area (Å²) in [6.45, 7) is 3.53. The highest BCUT2D eigenvalue weighted by atomic mass is 16.2. The zero-order valence-corrected chi connectivity index (χ0v) is 9.36. The molecular formula is C13H14NO2. The van der Waals surface area contributed by atoms with Crippen molar-refractivity contribution < 1.29 is 9.59 Å². The molecule has 1 amide bonds. The molecule has 0 aromatic heterocycles. The molecule has 0 saturated carbocycles. The van der Waals surface area contributed by atoms with Crippen LogP contribution in [0.25, 0.3) is 6.08 Å². The molecule has 0 aliphatic heterocycles. The van der Waals surface area contributed by atoms with Gasteiger partial charge in [0.1, 0.15) is 0 Å². The van der Waals surface area contributed by atoms with Gasteiger partial charge < -0.3 is 5.32 Å². The number of allylic oxidation sites excluding steroid dienone is 1. The third-order valence-corrected chi connectivity index (χ3v) is 2.00. The molecule has 83 valence electrons. The number of hydrogen-bond donors (Lipinski definition) is 1. The van der Waals surface area contributed by atoms with Crippen LogP contribution in [0.3, 0.4) is 0 Å². The average molecular weight is 216 g/mol. The van der Waals surface area contributed by atoms with Crippen LogP contribution < -0.4 is 5.32 Å². The lowest BCUT2D eigenvalue weighted by atomic mass is 10.1. The van der Waals surface area contributed by atoms with Crippen molar-refractivity contribution in [3.05, 3.63) is 41.6 Å². The van der Waals surface area contributed by atoms with Gasteiger partial charge in [0.15, 0.2) is 0 Å². The zero-order valence-electron chi connectivity index (χ0n) is 9.36. The van der Waals surface area contributed by atoms with E-state index < -0.39 is 0 Å². The monoisotopic (exact) mass is 216 g/mol. The molecule has 0 unspecified atom stereocenters. The summed E-state index contributed by atoms with van der Waals surface area (Å²) in [7, 11) is 0. The minimum absolute atomic E-state index is 0.157. The van der Waals surface area contributed by atoms with E-state index in [1.54, 1.807) is 26.2 Å². The van der Waals surface area contributed by atoms with Crippen LogP contribution in [0.15, 0.2) is 36.0 Å². The molecule has 0 atom stereocenters. The number of carbonyl (C=O) groups is 1. The Morgan fingerprint density at radius 2 is 1.94 bits per heavy atom. The summed E-state index contributed by atoms with van der Waals surface area (Å²) >= 11 is 0. The van der Waals surface area contributed by atoms with Gasteiger partial charge in [-0.25, -0.2) is 0 Å². The first-order valence-electron chi connectivity index (χ1n) is 5.09. The number of hydrogen-bond acceptors (Lipinski definition) is 2. The largest absolute Gasteiger partial charge is 0.322 e. The van der Waals surface area contributed by atoms with Crippen molar-refractivity contribution >= 4 is 18.3 Å². The van der Waals surface area contributed by atoms with E-state index in [9.17, 15) is 9.59 Å². The number of benzene rings is 1. The third-order valence-electron chi connectivity index (χ3n) is 2.00. The second-order valence-corrected chi connectivity index (χ2v) is 3.71. The third kappa shape index (κ3) is 3.69. The van der Waals surface area contributed by atoms with Crippen LogP contribution in [0, 0.1) is 5.92 Å². The van der Waals surface area contributed by atoms with Crippen molar-refractivity contribution in [2.24, 2.45) is 5.92 Å². The molecule has 1 aromatic carbocycles. The summed E-state index contributed by atoms with van der Waals surface area (Å²) < 4.78 is 0. The van der Waals surface area contributed by atoms with Gasteiger partial charge >= 0.3 is 0 Å². The van der Waals surface area contributed by atoms with Crippen molar-refractivity contribution in [2.75, 3.05) is 0 Å². The van der Waals surface area contributed by atoms with Crippen molar-refractivity contribution in [1.29, 1.82) is 0 Å². The van der Waals surface area contributed by atoms with Gasteiger partial charge in [0.05, 0.1) is 5.70 Å². The highest BCUT2D eigenvalue weighted by Gasteiger charge is 2.08. The van der Waals surface area contributed by atoms with E-state index in [1.807, 2.05) is 30.3 Å². The van der Waals surface area contributed by atoms with Gasteiger partial charge in [-0.05, 0) is 11.6 Å². The molecule has 3 nitrogen and oxygen atoms in total. The van der Waals surface area contributed by atoms with Crippen LogP contribution in [0.5, 0.6) is 0 Å². The van der Waals surface area contributed by atoms with Crippen LogP contribution in [0.1, 0.15) is 19.4 Å². The Labute approximate surface area is 95.2 Å². The minimum Gasteiger partial charge on any atom is -0.322 e. The van der Waals surface area contributed by atoms with Crippen LogP contribution in [0.4, 0.5) is 0 Å². The molecule has 0 saturated heterocycles. The highest BCUT2D eigenvalue weighted by molar-refractivity contribution is 5.90. The standard InChI is InChI=1S/C13H14NO2/c1-10(2)13(16)14-12(9-15)8-11-6-4-3-5-7-11/h3-8,10H,1-2H3,(H,14,16). The number of rotatable bonds is 4. The maximum Gasteiger partial charge on any atom is 0.251 e. The summed E-state index contributed by atoms with van der Waals surface area (Å²) in [6, 6.07) is 9.29. The van der Waals surface area contributed by atoms with Gasteiger partial charge in [0.25, 0.3) is 6.29 Å². The molecule has 1 N–H and O–H groups in total. The van der Waals surface area contributed by atoms with E-state index in [0.29, 0.717) is 0 Å². The molecule has 16 heavy (non-hydrogen) atoms. The smallest absolute Gasteiger partial charge is 0.251 e. The Kier molecular flexibility index (Phi) is 4.45. The van der Waals surface area contributed by atoms with E-state index in [1.165, 1.54) is 0 Å². The quantitative estimate of drug-likeness (QED) is 0.781. The summed E-state index contributed by atoms with van der Waals surface area (Å²) in [5.74, 6) is -0.349. The van der Waals surface area contributed by atoms with E-state index in [0.717, 1.165) is 5.56 Å². The normalized spacial score (nSPS) is 11.3. The first kappa shape index (κ1) is 12.2. The summed E-state index contributed by atoms with van der Waals surface area (Å²) in [5.41, 5.74) is 1.01. The second kappa shape index (κ2) is 5.85. The molecule has 1 rings (SSSR count). The number of nitrogens with one attached hydrogen (secondary N) is 1. The Balaban J connectivity index is 2.79. The zero-order chi connectivity index (χ0) is 12.0. The molecule has 3 heteroatoms. The summed E-state index contributed by atoms with van der Waals surface area (Å²) in [5, 5.41) is 2.51. The Bertz CT molecular complexity index is 394. The van der Waals surface area contributed by atoms with Gasteiger partial charge in [0.2, 0.25) is 5.91 Å². The van der Waals surface area contributed by atoms with Gasteiger partial charge in [0, 0.05) is 5.92 Å². The maximum atomic E-state index is 11.4. The molecule has 1 aromatic rings. The van der Waals surface area contributed by atoms with Gasteiger partial charge in [-0.2, -0.15) is 0 Å². The van der Waals surface area contributed by atoms with Crippen molar-refractivity contribution in [1.82, 2.24) is 5.32 Å². The molecule has 0 bridgehead atoms. The Morgan fingerprint density at radius 1 is 1.31 bits per heavy atom. The topological polar surface area (TPSA) is 46.2 Å². The van der Waals surface area contributed by atoms with Crippen LogP contribution in [-0.2, 0) is 9.59 Å². The van der Waals surface area contributed by atoms with Crippen molar-refractivity contribution in [2.45, 2.75) is 13.8 Å². The SMILES string of the molecule is CC(C)C(=O)NC([C]=O)=Cc1ccccc1. The first-order valence-corrected chi connectivity index (χ1v) is 5.09. The average Bonchev–Trinajstić information content (AvgIpc) is 2.29. The first-order chi connectivity index (χ1) is 7.63. The maximum absolute atomic E-state index is 11.4. The van der Waals surface area contributed by atoms with Gasteiger partial charge in [-0.1, -0.05) is 44.2 Å². The highest BCUT2D eigenvalue weighted by Crippen LogP contribution is 2.04. The summed E-state index contributed by atoms with van der Waals surface area (Å²) in [4.78, 5) is 22.0. The lowest BCUT2D eigenvalue weighted by Crippen LogP contribution is -2.27. The van der Waals surface area contributed by atoms with E-state index in [-0.39, 0.29) is 17.5 Å². The van der Waals surface area contributed by atoms with Crippen LogP contribution >= 0.6 is 0 Å². The van der Waals surface area contributed by atoms with E-state index >= 15 is 0 Å². The molecule has 0 heterocycles. The van der Waals surface area contributed by atoms with Gasteiger partial charge in [-0.3, -0.25) is 9.59 Å². The lowest BCUT2D eigenvalue weighted by Gasteiger charge is -2.06. The van der Waals surface area contributed by atoms with Gasteiger partial charge in [-0.15, -0.1) is 0 Å². The fourth-order valence-corrected chi connectivity index (χ4v) is 1.08. The van der Waals surface area contributed by atoms with E-state index in [2.05, 4.69) is 5.32 Å². The lowest BCUT2D eigenvalue weighted by molar-refractivity contribution is -0.123.